The second kappa shape index (κ2) is 7.55. The first-order valence-corrected chi connectivity index (χ1v) is 12.1. The number of fused-ring (bicyclic) bond motifs is 3. The zero-order chi connectivity index (χ0) is 24.0. The number of carbonyl (C=O) groups excluding carboxylic acids is 2. The SMILES string of the molecule is CCOC(C)OC1C(=O)OC2C3OC4(OC3OC12)C1CC2CC4CC(OC(=O)C(C)(F)F)(C2)C1. The van der Waals surface area contributed by atoms with Gasteiger partial charge in [-0.1, -0.05) is 0 Å². The van der Waals surface area contributed by atoms with Gasteiger partial charge < -0.3 is 33.2 Å². The summed E-state index contributed by atoms with van der Waals surface area (Å²) < 4.78 is 68.3. The van der Waals surface area contributed by atoms with Crippen LogP contribution in [0.5, 0.6) is 0 Å². The van der Waals surface area contributed by atoms with Crippen molar-refractivity contribution >= 4 is 11.9 Å². The molecule has 1 spiro atoms. The van der Waals surface area contributed by atoms with Gasteiger partial charge in [0.25, 0.3) is 0 Å². The minimum Gasteiger partial charge on any atom is -0.455 e. The van der Waals surface area contributed by atoms with Gasteiger partial charge in [0.05, 0.1) is 0 Å². The molecule has 4 aliphatic carbocycles. The van der Waals surface area contributed by atoms with Crippen molar-refractivity contribution < 1.29 is 51.5 Å². The van der Waals surface area contributed by atoms with Crippen LogP contribution in [0.25, 0.3) is 0 Å². The summed E-state index contributed by atoms with van der Waals surface area (Å²) in [7, 11) is 0. The highest BCUT2D eigenvalue weighted by Crippen LogP contribution is 2.65. The van der Waals surface area contributed by atoms with E-state index in [4.69, 9.17) is 33.2 Å². The van der Waals surface area contributed by atoms with Crippen LogP contribution in [0.2, 0.25) is 0 Å². The van der Waals surface area contributed by atoms with Crippen molar-refractivity contribution in [2.45, 2.75) is 107 Å². The molecular weight excluding hydrogens is 458 g/mol. The van der Waals surface area contributed by atoms with Crippen LogP contribution in [-0.2, 0) is 42.7 Å². The molecule has 0 aromatic carbocycles. The largest absolute Gasteiger partial charge is 0.455 e. The van der Waals surface area contributed by atoms with Crippen molar-refractivity contribution in [3.63, 3.8) is 0 Å². The molecular formula is C23H30F2O9. The molecule has 11 heteroatoms. The van der Waals surface area contributed by atoms with E-state index in [1.165, 1.54) is 0 Å². The van der Waals surface area contributed by atoms with Crippen LogP contribution in [0.1, 0.15) is 52.9 Å². The minimum absolute atomic E-state index is 0.133. The van der Waals surface area contributed by atoms with Gasteiger partial charge in [0.15, 0.2) is 36.7 Å². The van der Waals surface area contributed by atoms with Crippen molar-refractivity contribution in [2.75, 3.05) is 6.61 Å². The van der Waals surface area contributed by atoms with E-state index in [0.29, 0.717) is 32.8 Å². The fourth-order valence-corrected chi connectivity index (χ4v) is 7.27. The van der Waals surface area contributed by atoms with Crippen molar-refractivity contribution in [1.29, 1.82) is 0 Å². The van der Waals surface area contributed by atoms with Crippen molar-refractivity contribution in [1.82, 2.24) is 0 Å². The van der Waals surface area contributed by atoms with Gasteiger partial charge in [-0.25, -0.2) is 9.59 Å². The molecule has 0 amide bonds. The van der Waals surface area contributed by atoms with E-state index in [1.54, 1.807) is 6.92 Å². The highest BCUT2D eigenvalue weighted by Gasteiger charge is 2.73. The van der Waals surface area contributed by atoms with E-state index in [9.17, 15) is 18.4 Å². The van der Waals surface area contributed by atoms with Gasteiger partial charge in [-0.15, -0.1) is 0 Å². The molecule has 190 valence electrons. The maximum Gasteiger partial charge on any atom is 0.377 e. The van der Waals surface area contributed by atoms with E-state index in [-0.39, 0.29) is 17.8 Å². The molecule has 4 bridgehead atoms. The second-order valence-corrected chi connectivity index (χ2v) is 10.7. The summed E-state index contributed by atoms with van der Waals surface area (Å²) in [4.78, 5) is 24.5. The molecule has 0 aromatic heterocycles. The van der Waals surface area contributed by atoms with Gasteiger partial charge in [0.1, 0.15) is 11.7 Å². The van der Waals surface area contributed by atoms with Crippen LogP contribution in [-0.4, -0.2) is 72.9 Å². The number of ether oxygens (including phenoxy) is 7. The molecule has 8 atom stereocenters. The topological polar surface area (TPSA) is 98.8 Å². The minimum atomic E-state index is -3.54. The Morgan fingerprint density at radius 3 is 2.50 bits per heavy atom. The number of esters is 2. The van der Waals surface area contributed by atoms with Gasteiger partial charge in [0.2, 0.25) is 0 Å². The molecule has 0 aromatic rings. The molecule has 4 saturated carbocycles. The Balaban J connectivity index is 1.18. The summed E-state index contributed by atoms with van der Waals surface area (Å²) in [5, 5.41) is 0. The van der Waals surface area contributed by atoms with Crippen LogP contribution in [0.4, 0.5) is 8.78 Å². The van der Waals surface area contributed by atoms with E-state index in [1.807, 2.05) is 6.92 Å². The lowest BCUT2D eigenvalue weighted by molar-refractivity contribution is -0.344. The molecule has 8 unspecified atom stereocenters. The Bertz CT molecular complexity index is 859. The van der Waals surface area contributed by atoms with Gasteiger partial charge in [0, 0.05) is 25.4 Å². The zero-order valence-electron chi connectivity index (χ0n) is 19.4. The van der Waals surface area contributed by atoms with Crippen molar-refractivity contribution in [3.8, 4) is 0 Å². The van der Waals surface area contributed by atoms with E-state index in [0.717, 1.165) is 12.8 Å². The normalized spacial score (nSPS) is 49.3. The summed E-state index contributed by atoms with van der Waals surface area (Å²) in [5.41, 5.74) is -0.916. The molecule has 3 heterocycles. The number of halogens is 2. The fraction of sp³-hybridized carbons (Fsp3) is 0.913. The quantitative estimate of drug-likeness (QED) is 0.412. The number of hydrogen-bond acceptors (Lipinski definition) is 9. The third kappa shape index (κ3) is 3.34. The van der Waals surface area contributed by atoms with E-state index >= 15 is 0 Å². The number of alkyl halides is 2. The maximum absolute atomic E-state index is 13.6. The van der Waals surface area contributed by atoms with E-state index < -0.39 is 66.2 Å². The molecule has 3 aliphatic heterocycles. The highest BCUT2D eigenvalue weighted by molar-refractivity contribution is 5.78. The average molecular weight is 488 g/mol. The molecule has 34 heavy (non-hydrogen) atoms. The predicted octanol–water partition coefficient (Wildman–Crippen LogP) is 2.29. The van der Waals surface area contributed by atoms with Gasteiger partial charge in [-0.3, -0.25) is 0 Å². The Morgan fingerprint density at radius 1 is 1.15 bits per heavy atom. The Kier molecular flexibility index (Phi) is 5.11. The highest BCUT2D eigenvalue weighted by atomic mass is 19.3. The molecule has 0 N–H and O–H groups in total. The van der Waals surface area contributed by atoms with Gasteiger partial charge >= 0.3 is 17.9 Å². The molecule has 3 saturated heterocycles. The summed E-state index contributed by atoms with van der Waals surface area (Å²) >= 11 is 0. The van der Waals surface area contributed by atoms with Crippen molar-refractivity contribution in [2.24, 2.45) is 17.8 Å². The Hall–Kier alpha value is -1.40. The summed E-state index contributed by atoms with van der Waals surface area (Å²) in [6, 6.07) is 0. The van der Waals surface area contributed by atoms with Crippen LogP contribution in [0.3, 0.4) is 0 Å². The Morgan fingerprint density at radius 2 is 1.85 bits per heavy atom. The predicted molar refractivity (Wildman–Crippen MR) is 106 cm³/mol. The molecule has 9 nitrogen and oxygen atoms in total. The van der Waals surface area contributed by atoms with Crippen LogP contribution < -0.4 is 0 Å². The van der Waals surface area contributed by atoms with Gasteiger partial charge in [-0.2, -0.15) is 8.78 Å². The second-order valence-electron chi connectivity index (χ2n) is 10.7. The molecule has 7 fully saturated rings. The van der Waals surface area contributed by atoms with Crippen molar-refractivity contribution in [3.05, 3.63) is 0 Å². The standard InChI is InChI=1S/C23H30F2O9/c1-4-28-10(2)29-16-14-15(30-18(16)26)17-19(31-14)33-23(32-17)12-5-11-6-13(23)9-22(7-11,8-12)34-20(27)21(3,24)25/h10-17,19H,4-9H2,1-3H3. The zero-order valence-corrected chi connectivity index (χ0v) is 19.4. The van der Waals surface area contributed by atoms with Crippen LogP contribution in [0.15, 0.2) is 0 Å². The summed E-state index contributed by atoms with van der Waals surface area (Å²) in [6.45, 7) is 4.53. The maximum atomic E-state index is 13.6. The average Bonchev–Trinajstić information content (AvgIpc) is 3.34. The third-order valence-electron chi connectivity index (χ3n) is 8.29. The molecule has 7 aliphatic rings. The monoisotopic (exact) mass is 488 g/mol. The van der Waals surface area contributed by atoms with Gasteiger partial charge in [-0.05, 0) is 51.9 Å². The molecule has 0 radical (unpaired) electrons. The first-order valence-electron chi connectivity index (χ1n) is 12.1. The summed E-state index contributed by atoms with van der Waals surface area (Å²) in [6.07, 6.45) is -1.24. The first kappa shape index (κ1) is 23.0. The third-order valence-corrected chi connectivity index (χ3v) is 8.29. The Labute approximate surface area is 195 Å². The lowest BCUT2D eigenvalue weighted by Gasteiger charge is -2.62. The number of rotatable bonds is 6. The lowest BCUT2D eigenvalue weighted by atomic mass is 9.51. The summed E-state index contributed by atoms with van der Waals surface area (Å²) in [5.74, 6) is -6.52. The van der Waals surface area contributed by atoms with Crippen LogP contribution >= 0.6 is 0 Å². The molecule has 7 rings (SSSR count). The lowest BCUT2D eigenvalue weighted by Crippen LogP contribution is -2.66. The number of hydrogen-bond donors (Lipinski definition) is 0. The number of carbonyl (C=O) groups is 2. The fourth-order valence-electron chi connectivity index (χ4n) is 7.27. The smallest absolute Gasteiger partial charge is 0.377 e. The first-order chi connectivity index (χ1) is 16.0. The van der Waals surface area contributed by atoms with E-state index in [2.05, 4.69) is 0 Å². The van der Waals surface area contributed by atoms with Crippen LogP contribution in [0, 0.1) is 17.8 Å².